The highest BCUT2D eigenvalue weighted by atomic mass is 16.5. The quantitative estimate of drug-likeness (QED) is 0.586. The summed E-state index contributed by atoms with van der Waals surface area (Å²) in [5.41, 5.74) is 0. The van der Waals surface area contributed by atoms with Crippen LogP contribution in [0.5, 0.6) is 0 Å². The van der Waals surface area contributed by atoms with Crippen LogP contribution in [0.25, 0.3) is 0 Å². The van der Waals surface area contributed by atoms with Gasteiger partial charge in [-0.3, -0.25) is 9.59 Å². The van der Waals surface area contributed by atoms with E-state index in [1.165, 1.54) is 7.11 Å². The third-order valence-electron chi connectivity index (χ3n) is 3.61. The van der Waals surface area contributed by atoms with Gasteiger partial charge in [0.05, 0.1) is 13.0 Å². The molecule has 1 fully saturated rings. The van der Waals surface area contributed by atoms with Gasteiger partial charge in [0, 0.05) is 12.5 Å². The first kappa shape index (κ1) is 15.0. The number of hydrogen-bond donors (Lipinski definition) is 1. The smallest absolute Gasteiger partial charge is 0.308 e. The van der Waals surface area contributed by atoms with Crippen molar-refractivity contribution < 1.29 is 14.3 Å². The second kappa shape index (κ2) is 8.11. The van der Waals surface area contributed by atoms with Gasteiger partial charge in [-0.25, -0.2) is 0 Å². The molecule has 0 aromatic heterocycles. The van der Waals surface area contributed by atoms with Crippen LogP contribution in [0.15, 0.2) is 0 Å². The van der Waals surface area contributed by atoms with E-state index in [0.717, 1.165) is 44.9 Å². The van der Waals surface area contributed by atoms with E-state index in [0.29, 0.717) is 12.5 Å². The molecule has 1 aliphatic rings. The molecular formula is C14H25NO3. The van der Waals surface area contributed by atoms with Crippen LogP contribution in [0.2, 0.25) is 0 Å². The Hall–Kier alpha value is -1.06. The van der Waals surface area contributed by atoms with Crippen molar-refractivity contribution in [2.24, 2.45) is 5.92 Å². The van der Waals surface area contributed by atoms with Gasteiger partial charge in [0.1, 0.15) is 0 Å². The van der Waals surface area contributed by atoms with E-state index in [-0.39, 0.29) is 17.8 Å². The van der Waals surface area contributed by atoms with Crippen LogP contribution in [0.1, 0.15) is 58.3 Å². The van der Waals surface area contributed by atoms with Crippen molar-refractivity contribution in [3.05, 3.63) is 0 Å². The molecule has 1 heterocycles. The number of hydrogen-bond acceptors (Lipinski definition) is 3. The topological polar surface area (TPSA) is 55.4 Å². The van der Waals surface area contributed by atoms with E-state index in [1.807, 2.05) is 6.92 Å². The van der Waals surface area contributed by atoms with Crippen molar-refractivity contribution in [2.75, 3.05) is 7.11 Å². The Kier molecular flexibility index (Phi) is 6.76. The number of carbonyl (C=O) groups excluding carboxylic acids is 2. The molecule has 18 heavy (non-hydrogen) atoms. The second-order valence-electron chi connectivity index (χ2n) is 5.22. The van der Waals surface area contributed by atoms with E-state index in [1.54, 1.807) is 0 Å². The molecule has 0 aliphatic carbocycles. The van der Waals surface area contributed by atoms with Crippen molar-refractivity contribution in [3.8, 4) is 0 Å². The first-order chi connectivity index (χ1) is 8.63. The molecule has 0 saturated carbocycles. The Labute approximate surface area is 109 Å². The lowest BCUT2D eigenvalue weighted by molar-refractivity contribution is -0.145. The lowest BCUT2D eigenvalue weighted by Crippen LogP contribution is -2.32. The summed E-state index contributed by atoms with van der Waals surface area (Å²) in [7, 11) is 1.43. The fourth-order valence-electron chi connectivity index (χ4n) is 2.43. The first-order valence-corrected chi connectivity index (χ1v) is 7.00. The summed E-state index contributed by atoms with van der Waals surface area (Å²) in [5.74, 6) is 0.0527. The standard InChI is InChI=1S/C14H25NO3/c1-11(14(17)18-2)7-3-4-8-12-9-5-6-10-13(16)15-12/h11-12H,3-10H2,1-2H3,(H,15,16)/t11-,12+/m1/s1. The van der Waals surface area contributed by atoms with Crippen LogP contribution < -0.4 is 5.32 Å². The van der Waals surface area contributed by atoms with Gasteiger partial charge in [-0.15, -0.1) is 0 Å². The van der Waals surface area contributed by atoms with Crippen molar-refractivity contribution in [3.63, 3.8) is 0 Å². The molecule has 1 N–H and O–H groups in total. The van der Waals surface area contributed by atoms with Crippen molar-refractivity contribution in [1.29, 1.82) is 0 Å². The number of nitrogens with one attached hydrogen (secondary N) is 1. The van der Waals surface area contributed by atoms with Gasteiger partial charge in [0.2, 0.25) is 5.91 Å². The summed E-state index contributed by atoms with van der Waals surface area (Å²) in [6.07, 6.45) is 7.90. The molecule has 1 saturated heterocycles. The van der Waals surface area contributed by atoms with Crippen LogP contribution in [0.3, 0.4) is 0 Å². The largest absolute Gasteiger partial charge is 0.469 e. The van der Waals surface area contributed by atoms with E-state index in [4.69, 9.17) is 4.74 Å². The Morgan fingerprint density at radius 1 is 1.44 bits per heavy atom. The van der Waals surface area contributed by atoms with Gasteiger partial charge < -0.3 is 10.1 Å². The predicted molar refractivity (Wildman–Crippen MR) is 70.0 cm³/mol. The fraction of sp³-hybridized carbons (Fsp3) is 0.857. The van der Waals surface area contributed by atoms with Crippen LogP contribution in [0.4, 0.5) is 0 Å². The fourth-order valence-corrected chi connectivity index (χ4v) is 2.43. The van der Waals surface area contributed by atoms with E-state index >= 15 is 0 Å². The van der Waals surface area contributed by atoms with Crippen molar-refractivity contribution in [1.82, 2.24) is 5.32 Å². The zero-order valence-electron chi connectivity index (χ0n) is 11.5. The van der Waals surface area contributed by atoms with Crippen LogP contribution in [-0.2, 0) is 14.3 Å². The Morgan fingerprint density at radius 2 is 2.22 bits per heavy atom. The number of amides is 1. The number of esters is 1. The molecule has 1 aliphatic heterocycles. The minimum absolute atomic E-state index is 0.0151. The average Bonchev–Trinajstić information content (AvgIpc) is 2.57. The predicted octanol–water partition coefficient (Wildman–Crippen LogP) is 2.41. The molecule has 104 valence electrons. The number of methoxy groups -OCH3 is 1. The maximum absolute atomic E-state index is 11.4. The SMILES string of the molecule is COC(=O)[C@H](C)CCCC[C@H]1CCCCC(=O)N1. The summed E-state index contributed by atoms with van der Waals surface area (Å²) >= 11 is 0. The molecule has 1 amide bonds. The minimum atomic E-state index is -0.127. The summed E-state index contributed by atoms with van der Waals surface area (Å²) in [6, 6.07) is 0.341. The second-order valence-corrected chi connectivity index (χ2v) is 5.22. The highest BCUT2D eigenvalue weighted by Crippen LogP contribution is 2.16. The molecule has 1 rings (SSSR count). The highest BCUT2D eigenvalue weighted by Gasteiger charge is 2.16. The summed E-state index contributed by atoms with van der Waals surface area (Å²) in [5, 5.41) is 3.07. The third-order valence-corrected chi connectivity index (χ3v) is 3.61. The number of unbranched alkanes of at least 4 members (excludes halogenated alkanes) is 1. The molecule has 0 aromatic carbocycles. The Morgan fingerprint density at radius 3 is 2.94 bits per heavy atom. The monoisotopic (exact) mass is 255 g/mol. The zero-order valence-corrected chi connectivity index (χ0v) is 11.5. The number of carbonyl (C=O) groups is 2. The van der Waals surface area contributed by atoms with E-state index in [2.05, 4.69) is 5.32 Å². The summed E-state index contributed by atoms with van der Waals surface area (Å²) in [6.45, 7) is 1.90. The van der Waals surface area contributed by atoms with Gasteiger partial charge in [-0.1, -0.05) is 26.2 Å². The molecular weight excluding hydrogens is 230 g/mol. The lowest BCUT2D eigenvalue weighted by atomic mass is 9.99. The minimum Gasteiger partial charge on any atom is -0.469 e. The molecule has 0 aromatic rings. The molecule has 0 bridgehead atoms. The first-order valence-electron chi connectivity index (χ1n) is 7.00. The van der Waals surface area contributed by atoms with Crippen LogP contribution in [-0.4, -0.2) is 25.0 Å². The highest BCUT2D eigenvalue weighted by molar-refractivity contribution is 5.76. The van der Waals surface area contributed by atoms with Gasteiger partial charge in [-0.2, -0.15) is 0 Å². The number of ether oxygens (including phenoxy) is 1. The van der Waals surface area contributed by atoms with Gasteiger partial charge in [-0.05, 0) is 25.7 Å². The normalized spacial score (nSPS) is 21.9. The van der Waals surface area contributed by atoms with Crippen LogP contribution >= 0.6 is 0 Å². The zero-order chi connectivity index (χ0) is 13.4. The summed E-state index contributed by atoms with van der Waals surface area (Å²) < 4.78 is 4.69. The Bertz CT molecular complexity index is 278. The van der Waals surface area contributed by atoms with Crippen LogP contribution in [0, 0.1) is 5.92 Å². The third kappa shape index (κ3) is 5.52. The van der Waals surface area contributed by atoms with Crippen molar-refractivity contribution in [2.45, 2.75) is 64.3 Å². The lowest BCUT2D eigenvalue weighted by Gasteiger charge is -2.16. The maximum Gasteiger partial charge on any atom is 0.308 e. The molecule has 4 nitrogen and oxygen atoms in total. The van der Waals surface area contributed by atoms with Gasteiger partial charge in [0.25, 0.3) is 0 Å². The number of rotatable bonds is 6. The molecule has 2 atom stereocenters. The van der Waals surface area contributed by atoms with Crippen molar-refractivity contribution >= 4 is 11.9 Å². The van der Waals surface area contributed by atoms with E-state index in [9.17, 15) is 9.59 Å². The van der Waals surface area contributed by atoms with E-state index < -0.39 is 0 Å². The average molecular weight is 255 g/mol. The molecule has 0 spiro atoms. The molecule has 4 heteroatoms. The molecule has 0 radical (unpaired) electrons. The van der Waals surface area contributed by atoms with Gasteiger partial charge in [0.15, 0.2) is 0 Å². The Balaban J connectivity index is 2.13. The maximum atomic E-state index is 11.4. The summed E-state index contributed by atoms with van der Waals surface area (Å²) in [4.78, 5) is 22.6. The molecule has 0 unspecified atom stereocenters. The van der Waals surface area contributed by atoms with Gasteiger partial charge >= 0.3 is 5.97 Å².